The van der Waals surface area contributed by atoms with Gasteiger partial charge >= 0.3 is 0 Å². The third-order valence-electron chi connectivity index (χ3n) is 3.50. The number of carbonyl (C=O) groups excluding carboxylic acids is 2. The van der Waals surface area contributed by atoms with Crippen LogP contribution in [0.3, 0.4) is 0 Å². The van der Waals surface area contributed by atoms with E-state index in [-0.39, 0.29) is 11.8 Å². The molecule has 1 aliphatic carbocycles. The van der Waals surface area contributed by atoms with Crippen LogP contribution in [-0.2, 0) is 9.59 Å². The second-order valence-electron chi connectivity index (χ2n) is 5.00. The molecule has 5 heteroatoms. The third-order valence-corrected chi connectivity index (χ3v) is 3.50. The minimum absolute atomic E-state index is 0.0493. The molecule has 0 radical (unpaired) electrons. The van der Waals surface area contributed by atoms with Crippen molar-refractivity contribution >= 4 is 11.8 Å². The Morgan fingerprint density at radius 3 is 2.50 bits per heavy atom. The first-order chi connectivity index (χ1) is 8.54. The molecule has 1 aliphatic rings. The molecule has 1 fully saturated rings. The van der Waals surface area contributed by atoms with Crippen molar-refractivity contribution < 1.29 is 9.59 Å². The standard InChI is InChI=1S/C13H25N3O2/c1-4-16(3)13(18)10(2)15-12(17)9-14-11-7-5-6-8-11/h10-11,14H,4-9H2,1-3H3,(H,15,17). The number of nitrogens with one attached hydrogen (secondary N) is 2. The molecule has 1 rings (SSSR count). The fourth-order valence-electron chi connectivity index (χ4n) is 2.21. The fourth-order valence-corrected chi connectivity index (χ4v) is 2.21. The first-order valence-corrected chi connectivity index (χ1v) is 6.82. The van der Waals surface area contributed by atoms with Gasteiger partial charge in [-0.15, -0.1) is 0 Å². The van der Waals surface area contributed by atoms with Gasteiger partial charge in [0.2, 0.25) is 11.8 Å². The second kappa shape index (κ2) is 7.36. The quantitative estimate of drug-likeness (QED) is 0.726. The van der Waals surface area contributed by atoms with Crippen molar-refractivity contribution in [2.24, 2.45) is 0 Å². The summed E-state index contributed by atoms with van der Waals surface area (Å²) in [6, 6.07) is 0.0212. The molecule has 0 aromatic heterocycles. The number of carbonyl (C=O) groups is 2. The van der Waals surface area contributed by atoms with E-state index in [2.05, 4.69) is 10.6 Å². The van der Waals surface area contributed by atoms with E-state index in [1.54, 1.807) is 18.9 Å². The molecule has 18 heavy (non-hydrogen) atoms. The maximum absolute atomic E-state index is 11.8. The summed E-state index contributed by atoms with van der Waals surface area (Å²) in [5.74, 6) is -0.154. The predicted octanol–water partition coefficient (Wildman–Crippen LogP) is 0.502. The molecule has 0 heterocycles. The van der Waals surface area contributed by atoms with E-state index < -0.39 is 6.04 Å². The van der Waals surface area contributed by atoms with Crippen LogP contribution in [0.2, 0.25) is 0 Å². The summed E-state index contributed by atoms with van der Waals surface area (Å²) in [5, 5.41) is 5.96. The fraction of sp³-hybridized carbons (Fsp3) is 0.846. The molecule has 5 nitrogen and oxygen atoms in total. The van der Waals surface area contributed by atoms with Crippen molar-refractivity contribution in [3.05, 3.63) is 0 Å². The highest BCUT2D eigenvalue weighted by Gasteiger charge is 2.19. The lowest BCUT2D eigenvalue weighted by Crippen LogP contribution is -2.48. The van der Waals surface area contributed by atoms with Crippen LogP contribution in [-0.4, -0.2) is 48.9 Å². The van der Waals surface area contributed by atoms with E-state index in [1.807, 2.05) is 6.92 Å². The summed E-state index contributed by atoms with van der Waals surface area (Å²) in [6.07, 6.45) is 4.80. The SMILES string of the molecule is CCN(C)C(=O)C(C)NC(=O)CNC1CCCC1. The van der Waals surface area contributed by atoms with Gasteiger partial charge in [0.05, 0.1) is 6.54 Å². The number of rotatable bonds is 6. The van der Waals surface area contributed by atoms with Crippen LogP contribution in [0.15, 0.2) is 0 Å². The largest absolute Gasteiger partial charge is 0.344 e. The number of hydrogen-bond acceptors (Lipinski definition) is 3. The summed E-state index contributed by atoms with van der Waals surface area (Å²) in [5.41, 5.74) is 0. The Morgan fingerprint density at radius 1 is 1.33 bits per heavy atom. The molecular formula is C13H25N3O2. The zero-order chi connectivity index (χ0) is 13.5. The van der Waals surface area contributed by atoms with Gasteiger partial charge in [0.1, 0.15) is 6.04 Å². The molecule has 0 saturated heterocycles. The Kier molecular flexibility index (Phi) is 6.12. The molecule has 0 aliphatic heterocycles. The van der Waals surface area contributed by atoms with Crippen molar-refractivity contribution in [2.45, 2.75) is 51.6 Å². The summed E-state index contributed by atoms with van der Waals surface area (Å²) in [6.45, 7) is 4.59. The second-order valence-corrected chi connectivity index (χ2v) is 5.00. The monoisotopic (exact) mass is 255 g/mol. The Morgan fingerprint density at radius 2 is 1.94 bits per heavy atom. The molecule has 0 spiro atoms. The van der Waals surface area contributed by atoms with Crippen LogP contribution in [0.25, 0.3) is 0 Å². The summed E-state index contributed by atoms with van der Waals surface area (Å²) >= 11 is 0. The molecule has 1 atom stereocenters. The van der Waals surface area contributed by atoms with E-state index in [1.165, 1.54) is 12.8 Å². The van der Waals surface area contributed by atoms with Gasteiger partial charge in [-0.1, -0.05) is 12.8 Å². The molecule has 1 saturated carbocycles. The topological polar surface area (TPSA) is 61.4 Å². The van der Waals surface area contributed by atoms with Crippen LogP contribution in [0.1, 0.15) is 39.5 Å². The maximum atomic E-state index is 11.8. The van der Waals surface area contributed by atoms with Crippen molar-refractivity contribution in [1.82, 2.24) is 15.5 Å². The van der Waals surface area contributed by atoms with E-state index in [9.17, 15) is 9.59 Å². The van der Waals surface area contributed by atoms with Crippen LogP contribution in [0, 0.1) is 0 Å². The average molecular weight is 255 g/mol. The Bertz CT molecular complexity index is 288. The van der Waals surface area contributed by atoms with Crippen molar-refractivity contribution in [3.63, 3.8) is 0 Å². The van der Waals surface area contributed by atoms with Crippen LogP contribution < -0.4 is 10.6 Å². The molecule has 104 valence electrons. The number of nitrogens with zero attached hydrogens (tertiary/aromatic N) is 1. The maximum Gasteiger partial charge on any atom is 0.244 e. The molecule has 0 aromatic carbocycles. The van der Waals surface area contributed by atoms with Crippen LogP contribution >= 0.6 is 0 Å². The zero-order valence-electron chi connectivity index (χ0n) is 11.7. The van der Waals surface area contributed by atoms with Crippen LogP contribution in [0.5, 0.6) is 0 Å². The Balaban J connectivity index is 2.24. The van der Waals surface area contributed by atoms with Crippen molar-refractivity contribution in [3.8, 4) is 0 Å². The highest BCUT2D eigenvalue weighted by atomic mass is 16.2. The van der Waals surface area contributed by atoms with Gasteiger partial charge in [-0.2, -0.15) is 0 Å². The number of amides is 2. The highest BCUT2D eigenvalue weighted by Crippen LogP contribution is 2.17. The van der Waals surface area contributed by atoms with Gasteiger partial charge in [-0.05, 0) is 26.7 Å². The van der Waals surface area contributed by atoms with E-state index >= 15 is 0 Å². The molecule has 0 aromatic rings. The molecule has 0 bridgehead atoms. The van der Waals surface area contributed by atoms with Gasteiger partial charge < -0.3 is 15.5 Å². The normalized spacial score (nSPS) is 17.5. The molecular weight excluding hydrogens is 230 g/mol. The van der Waals surface area contributed by atoms with Gasteiger partial charge in [0.15, 0.2) is 0 Å². The Hall–Kier alpha value is -1.10. The minimum atomic E-state index is -0.451. The summed E-state index contributed by atoms with van der Waals surface area (Å²) in [7, 11) is 1.74. The van der Waals surface area contributed by atoms with Gasteiger partial charge in [-0.3, -0.25) is 9.59 Å². The zero-order valence-corrected chi connectivity index (χ0v) is 11.7. The van der Waals surface area contributed by atoms with Crippen LogP contribution in [0.4, 0.5) is 0 Å². The first kappa shape index (κ1) is 15.0. The first-order valence-electron chi connectivity index (χ1n) is 6.82. The summed E-state index contributed by atoms with van der Waals surface area (Å²) in [4.78, 5) is 25.0. The minimum Gasteiger partial charge on any atom is -0.344 e. The smallest absolute Gasteiger partial charge is 0.244 e. The van der Waals surface area contributed by atoms with Crippen molar-refractivity contribution in [1.29, 1.82) is 0 Å². The molecule has 2 amide bonds. The number of likely N-dealkylation sites (N-methyl/N-ethyl adjacent to an activating group) is 1. The molecule has 1 unspecified atom stereocenters. The Labute approximate surface area is 109 Å². The number of hydrogen-bond donors (Lipinski definition) is 2. The summed E-state index contributed by atoms with van der Waals surface area (Å²) < 4.78 is 0. The highest BCUT2D eigenvalue weighted by molar-refractivity contribution is 5.87. The predicted molar refractivity (Wildman–Crippen MR) is 71.2 cm³/mol. The van der Waals surface area contributed by atoms with Gasteiger partial charge in [-0.25, -0.2) is 0 Å². The lowest BCUT2D eigenvalue weighted by Gasteiger charge is -2.21. The van der Waals surface area contributed by atoms with Gasteiger partial charge in [0.25, 0.3) is 0 Å². The average Bonchev–Trinajstić information content (AvgIpc) is 2.87. The lowest BCUT2D eigenvalue weighted by atomic mass is 10.2. The van der Waals surface area contributed by atoms with Gasteiger partial charge in [0, 0.05) is 19.6 Å². The lowest BCUT2D eigenvalue weighted by molar-refractivity contribution is -0.134. The third kappa shape index (κ3) is 4.64. The van der Waals surface area contributed by atoms with E-state index in [0.29, 0.717) is 19.1 Å². The van der Waals surface area contributed by atoms with E-state index in [4.69, 9.17) is 0 Å². The van der Waals surface area contributed by atoms with Crippen molar-refractivity contribution in [2.75, 3.05) is 20.1 Å². The van der Waals surface area contributed by atoms with E-state index in [0.717, 1.165) is 12.8 Å². The molecule has 2 N–H and O–H groups in total.